The maximum absolute atomic E-state index is 12.5. The lowest BCUT2D eigenvalue weighted by atomic mass is 9.85. The minimum Gasteiger partial charge on any atom is -0.392 e. The Morgan fingerprint density at radius 1 is 1.32 bits per heavy atom. The van der Waals surface area contributed by atoms with E-state index in [1.165, 1.54) is 10.7 Å². The second kappa shape index (κ2) is 6.99. The average Bonchev–Trinajstić information content (AvgIpc) is 2.38. The number of rotatable bonds is 6. The van der Waals surface area contributed by atoms with E-state index in [0.717, 1.165) is 31.6 Å². The molecule has 1 atom stereocenters. The maximum atomic E-state index is 12.5. The Bertz CT molecular complexity index is 401. The number of sulfonamides is 1. The van der Waals surface area contributed by atoms with Crippen molar-refractivity contribution in [1.82, 2.24) is 4.31 Å². The van der Waals surface area contributed by atoms with Crippen LogP contribution in [0.2, 0.25) is 0 Å². The van der Waals surface area contributed by atoms with Gasteiger partial charge >= 0.3 is 0 Å². The van der Waals surface area contributed by atoms with Crippen LogP contribution in [0.15, 0.2) is 0 Å². The van der Waals surface area contributed by atoms with Gasteiger partial charge in [-0.3, -0.25) is 0 Å². The molecule has 1 rings (SSSR count). The molecular weight excluding hydrogens is 280 g/mol. The highest BCUT2D eigenvalue weighted by Crippen LogP contribution is 2.30. The fourth-order valence-corrected chi connectivity index (χ4v) is 5.16. The first kappa shape index (κ1) is 16.9. The van der Waals surface area contributed by atoms with Gasteiger partial charge in [0.25, 0.3) is 0 Å². The summed E-state index contributed by atoms with van der Waals surface area (Å²) in [7, 11) is -1.73. The Balaban J connectivity index is 2.76. The standard InChI is InChI=1S/C13H26N2O2S2/c1-4-10-6-8-11(9-7-10)15(3)19(16,17)12(5-2)13(14)18/h10-12H,4-9H2,1-3H3,(H2,14,18). The van der Waals surface area contributed by atoms with Gasteiger partial charge in [-0.05, 0) is 38.0 Å². The number of nitrogens with two attached hydrogens (primary N) is 1. The first-order valence-electron chi connectivity index (χ1n) is 7.10. The van der Waals surface area contributed by atoms with E-state index in [1.807, 2.05) is 6.92 Å². The fraction of sp³-hybridized carbons (Fsp3) is 0.923. The Labute approximate surface area is 122 Å². The molecule has 0 radical (unpaired) electrons. The molecule has 0 spiro atoms. The van der Waals surface area contributed by atoms with Crippen molar-refractivity contribution in [2.24, 2.45) is 11.7 Å². The molecule has 0 aromatic rings. The van der Waals surface area contributed by atoms with Gasteiger partial charge in [-0.15, -0.1) is 0 Å². The van der Waals surface area contributed by atoms with Gasteiger partial charge in [0.2, 0.25) is 10.0 Å². The monoisotopic (exact) mass is 306 g/mol. The van der Waals surface area contributed by atoms with E-state index in [9.17, 15) is 8.42 Å². The van der Waals surface area contributed by atoms with Crippen LogP contribution in [0.5, 0.6) is 0 Å². The summed E-state index contributed by atoms with van der Waals surface area (Å²) in [5, 5.41) is -0.726. The van der Waals surface area contributed by atoms with Crippen molar-refractivity contribution in [3.8, 4) is 0 Å². The summed E-state index contributed by atoms with van der Waals surface area (Å²) in [6, 6.07) is 0.108. The van der Waals surface area contributed by atoms with Gasteiger partial charge in [-0.1, -0.05) is 32.5 Å². The van der Waals surface area contributed by atoms with Gasteiger partial charge < -0.3 is 5.73 Å². The van der Waals surface area contributed by atoms with Gasteiger partial charge in [0.05, 0.1) is 4.99 Å². The highest BCUT2D eigenvalue weighted by atomic mass is 32.2. The number of hydrogen-bond acceptors (Lipinski definition) is 3. The molecule has 1 fully saturated rings. The molecule has 0 heterocycles. The van der Waals surface area contributed by atoms with Crippen molar-refractivity contribution < 1.29 is 8.42 Å². The molecule has 2 N–H and O–H groups in total. The van der Waals surface area contributed by atoms with Crippen LogP contribution in [0.1, 0.15) is 52.4 Å². The van der Waals surface area contributed by atoms with E-state index in [0.29, 0.717) is 6.42 Å². The molecule has 0 aliphatic heterocycles. The van der Waals surface area contributed by atoms with Gasteiger partial charge in [0, 0.05) is 13.1 Å². The van der Waals surface area contributed by atoms with Crippen molar-refractivity contribution >= 4 is 27.2 Å². The summed E-state index contributed by atoms with van der Waals surface area (Å²) in [6.07, 6.45) is 5.75. The van der Waals surface area contributed by atoms with E-state index < -0.39 is 15.3 Å². The van der Waals surface area contributed by atoms with Crippen molar-refractivity contribution in [2.45, 2.75) is 63.7 Å². The van der Waals surface area contributed by atoms with Crippen LogP contribution < -0.4 is 5.73 Å². The summed E-state index contributed by atoms with van der Waals surface area (Å²) >= 11 is 4.89. The van der Waals surface area contributed by atoms with E-state index in [4.69, 9.17) is 18.0 Å². The lowest BCUT2D eigenvalue weighted by Crippen LogP contribution is -2.47. The van der Waals surface area contributed by atoms with Crippen LogP contribution in [0.25, 0.3) is 0 Å². The highest BCUT2D eigenvalue weighted by Gasteiger charge is 2.35. The summed E-state index contributed by atoms with van der Waals surface area (Å²) in [5.41, 5.74) is 5.57. The Kier molecular flexibility index (Phi) is 6.20. The maximum Gasteiger partial charge on any atom is 0.223 e. The van der Waals surface area contributed by atoms with Crippen LogP contribution in [0.4, 0.5) is 0 Å². The van der Waals surface area contributed by atoms with Crippen LogP contribution in [0, 0.1) is 5.92 Å². The Morgan fingerprint density at radius 3 is 2.21 bits per heavy atom. The number of nitrogens with zero attached hydrogens (tertiary/aromatic N) is 1. The molecular formula is C13H26N2O2S2. The van der Waals surface area contributed by atoms with Gasteiger partial charge in [-0.2, -0.15) is 0 Å². The molecule has 1 aliphatic carbocycles. The largest absolute Gasteiger partial charge is 0.392 e. The Hall–Kier alpha value is -0.200. The van der Waals surface area contributed by atoms with Crippen LogP contribution in [-0.2, 0) is 10.0 Å². The third kappa shape index (κ3) is 3.89. The SMILES string of the molecule is CCC1CCC(N(C)S(=O)(=O)C(CC)C(N)=S)CC1. The van der Waals surface area contributed by atoms with Gasteiger partial charge in [0.15, 0.2) is 0 Å². The zero-order chi connectivity index (χ0) is 14.6. The summed E-state index contributed by atoms with van der Waals surface area (Å²) in [4.78, 5) is 0.0802. The molecule has 112 valence electrons. The number of hydrogen-bond donors (Lipinski definition) is 1. The van der Waals surface area contributed by atoms with Crippen LogP contribution >= 0.6 is 12.2 Å². The normalized spacial score (nSPS) is 26.3. The lowest BCUT2D eigenvalue weighted by Gasteiger charge is -2.35. The lowest BCUT2D eigenvalue weighted by molar-refractivity contribution is 0.232. The highest BCUT2D eigenvalue weighted by molar-refractivity contribution is 7.92. The minimum absolute atomic E-state index is 0.0802. The van der Waals surface area contributed by atoms with Crippen molar-refractivity contribution in [3.05, 3.63) is 0 Å². The van der Waals surface area contributed by atoms with Crippen LogP contribution in [-0.4, -0.2) is 36.1 Å². The zero-order valence-corrected chi connectivity index (χ0v) is 13.8. The molecule has 0 aromatic heterocycles. The van der Waals surface area contributed by atoms with Crippen molar-refractivity contribution in [1.29, 1.82) is 0 Å². The second-order valence-corrected chi connectivity index (χ2v) is 8.09. The summed E-state index contributed by atoms with van der Waals surface area (Å²) in [6.45, 7) is 4.01. The molecule has 1 aliphatic rings. The third-order valence-electron chi connectivity index (χ3n) is 4.36. The van der Waals surface area contributed by atoms with E-state index in [2.05, 4.69) is 6.92 Å². The molecule has 0 amide bonds. The third-order valence-corrected chi connectivity index (χ3v) is 7.20. The molecule has 1 unspecified atom stereocenters. The Morgan fingerprint density at radius 2 is 1.84 bits per heavy atom. The fourth-order valence-electron chi connectivity index (χ4n) is 2.88. The first-order chi connectivity index (χ1) is 8.84. The quantitative estimate of drug-likeness (QED) is 0.765. The second-order valence-electron chi connectivity index (χ2n) is 5.44. The topological polar surface area (TPSA) is 63.4 Å². The molecule has 0 bridgehead atoms. The summed E-state index contributed by atoms with van der Waals surface area (Å²) < 4.78 is 26.5. The smallest absolute Gasteiger partial charge is 0.223 e. The molecule has 6 heteroatoms. The molecule has 0 aromatic carbocycles. The molecule has 1 saturated carbocycles. The predicted octanol–water partition coefficient (Wildman–Crippen LogP) is 2.28. The minimum atomic E-state index is -3.41. The summed E-state index contributed by atoms with van der Waals surface area (Å²) in [5.74, 6) is 0.755. The van der Waals surface area contributed by atoms with Crippen molar-refractivity contribution in [3.63, 3.8) is 0 Å². The van der Waals surface area contributed by atoms with Crippen LogP contribution in [0.3, 0.4) is 0 Å². The average molecular weight is 306 g/mol. The van der Waals surface area contributed by atoms with E-state index in [-0.39, 0.29) is 11.0 Å². The van der Waals surface area contributed by atoms with E-state index in [1.54, 1.807) is 7.05 Å². The van der Waals surface area contributed by atoms with E-state index >= 15 is 0 Å². The zero-order valence-electron chi connectivity index (χ0n) is 12.1. The molecule has 0 saturated heterocycles. The first-order valence-corrected chi connectivity index (χ1v) is 9.01. The molecule has 4 nitrogen and oxygen atoms in total. The van der Waals surface area contributed by atoms with Gasteiger partial charge in [-0.25, -0.2) is 12.7 Å². The van der Waals surface area contributed by atoms with Gasteiger partial charge in [0.1, 0.15) is 5.25 Å². The van der Waals surface area contributed by atoms with Crippen molar-refractivity contribution in [2.75, 3.05) is 7.05 Å². The number of thiocarbonyl (C=S) groups is 1. The predicted molar refractivity (Wildman–Crippen MR) is 83.6 cm³/mol. The molecule has 19 heavy (non-hydrogen) atoms.